The van der Waals surface area contributed by atoms with Gasteiger partial charge >= 0.3 is 5.97 Å². The van der Waals surface area contributed by atoms with Crippen molar-refractivity contribution in [2.45, 2.75) is 40.2 Å². The second-order valence-corrected chi connectivity index (χ2v) is 5.20. The summed E-state index contributed by atoms with van der Waals surface area (Å²) in [7, 11) is 0. The number of hydrogen-bond donors (Lipinski definition) is 1. The van der Waals surface area contributed by atoms with Gasteiger partial charge in [0.05, 0.1) is 0 Å². The number of nitrogens with zero attached hydrogens (tertiary/aromatic N) is 1. The Kier molecular flexibility index (Phi) is 3.07. The maximum absolute atomic E-state index is 12.0. The first-order valence-corrected chi connectivity index (χ1v) is 5.28. The molecule has 1 atom stereocenters. The fourth-order valence-corrected chi connectivity index (χ4v) is 1.75. The molecule has 0 saturated heterocycles. The van der Waals surface area contributed by atoms with E-state index >= 15 is 0 Å². The molecule has 1 rings (SSSR count). The molecule has 0 aliphatic heterocycles. The number of aliphatic carboxylic acids is 1. The molecule has 1 amide bonds. The molecule has 1 aliphatic carbocycles. The van der Waals surface area contributed by atoms with Crippen molar-refractivity contribution in [1.82, 2.24) is 4.90 Å². The summed E-state index contributed by atoms with van der Waals surface area (Å²) in [6.45, 7) is 7.57. The molecule has 1 fully saturated rings. The minimum atomic E-state index is -0.949. The Morgan fingerprint density at radius 2 is 1.93 bits per heavy atom. The van der Waals surface area contributed by atoms with E-state index in [-0.39, 0.29) is 29.8 Å². The number of rotatable bonds is 4. The average molecular weight is 213 g/mol. The molecule has 15 heavy (non-hydrogen) atoms. The van der Waals surface area contributed by atoms with Crippen molar-refractivity contribution in [2.24, 2.45) is 11.3 Å². The quantitative estimate of drug-likeness (QED) is 0.767. The van der Waals surface area contributed by atoms with Gasteiger partial charge in [0.1, 0.15) is 6.54 Å². The zero-order chi connectivity index (χ0) is 11.8. The number of carbonyl (C=O) groups excluding carboxylic acids is 1. The SMILES string of the molecule is CC(C)N(CC(=O)O)C(=O)C1CC1(C)C. The summed E-state index contributed by atoms with van der Waals surface area (Å²) in [5, 5.41) is 8.72. The topological polar surface area (TPSA) is 57.6 Å². The van der Waals surface area contributed by atoms with Crippen molar-refractivity contribution in [1.29, 1.82) is 0 Å². The van der Waals surface area contributed by atoms with Gasteiger partial charge in [-0.25, -0.2) is 0 Å². The molecule has 0 radical (unpaired) electrons. The van der Waals surface area contributed by atoms with Crippen LogP contribution in [-0.2, 0) is 9.59 Å². The van der Waals surface area contributed by atoms with Crippen molar-refractivity contribution in [3.63, 3.8) is 0 Å². The van der Waals surface area contributed by atoms with E-state index in [2.05, 4.69) is 0 Å². The van der Waals surface area contributed by atoms with E-state index in [4.69, 9.17) is 5.11 Å². The van der Waals surface area contributed by atoms with Crippen LogP contribution >= 0.6 is 0 Å². The third-order valence-electron chi connectivity index (χ3n) is 3.02. The van der Waals surface area contributed by atoms with E-state index in [0.29, 0.717) is 0 Å². The van der Waals surface area contributed by atoms with E-state index in [0.717, 1.165) is 6.42 Å². The monoisotopic (exact) mass is 213 g/mol. The van der Waals surface area contributed by atoms with Gasteiger partial charge in [0.2, 0.25) is 5.91 Å². The summed E-state index contributed by atoms with van der Waals surface area (Å²) < 4.78 is 0. The number of amides is 1. The first-order valence-electron chi connectivity index (χ1n) is 5.28. The molecule has 1 aliphatic rings. The van der Waals surface area contributed by atoms with E-state index < -0.39 is 5.97 Å². The van der Waals surface area contributed by atoms with Gasteiger partial charge < -0.3 is 10.0 Å². The molecule has 0 bridgehead atoms. The molecule has 4 heteroatoms. The Morgan fingerprint density at radius 3 is 2.20 bits per heavy atom. The molecule has 1 unspecified atom stereocenters. The van der Waals surface area contributed by atoms with Gasteiger partial charge in [0, 0.05) is 12.0 Å². The summed E-state index contributed by atoms with van der Waals surface area (Å²) in [6, 6.07) is -0.0509. The smallest absolute Gasteiger partial charge is 0.323 e. The fraction of sp³-hybridized carbons (Fsp3) is 0.818. The number of hydrogen-bond acceptors (Lipinski definition) is 2. The van der Waals surface area contributed by atoms with Gasteiger partial charge in [-0.3, -0.25) is 9.59 Å². The Labute approximate surface area is 90.3 Å². The molecule has 86 valence electrons. The Morgan fingerprint density at radius 1 is 1.47 bits per heavy atom. The van der Waals surface area contributed by atoms with Gasteiger partial charge in [-0.15, -0.1) is 0 Å². The summed E-state index contributed by atoms with van der Waals surface area (Å²) in [6.07, 6.45) is 0.870. The molecule has 0 aromatic heterocycles. The number of carboxylic acid groups (broad SMARTS) is 1. The summed E-state index contributed by atoms with van der Waals surface area (Å²) >= 11 is 0. The molecular weight excluding hydrogens is 194 g/mol. The van der Waals surface area contributed by atoms with Crippen molar-refractivity contribution in [3.05, 3.63) is 0 Å². The molecule has 1 saturated carbocycles. The number of carboxylic acids is 1. The van der Waals surface area contributed by atoms with Crippen LogP contribution in [0.3, 0.4) is 0 Å². The highest BCUT2D eigenvalue weighted by atomic mass is 16.4. The highest BCUT2D eigenvalue weighted by Gasteiger charge is 2.52. The van der Waals surface area contributed by atoms with Crippen LogP contribution in [0.25, 0.3) is 0 Å². The van der Waals surface area contributed by atoms with Crippen molar-refractivity contribution < 1.29 is 14.7 Å². The predicted molar refractivity (Wildman–Crippen MR) is 56.4 cm³/mol. The van der Waals surface area contributed by atoms with Crippen molar-refractivity contribution >= 4 is 11.9 Å². The first-order chi connectivity index (χ1) is 6.75. The molecular formula is C11H19NO3. The van der Waals surface area contributed by atoms with Crippen LogP contribution in [0.1, 0.15) is 34.1 Å². The Hall–Kier alpha value is -1.06. The highest BCUT2D eigenvalue weighted by molar-refractivity contribution is 5.86. The third-order valence-corrected chi connectivity index (χ3v) is 3.02. The lowest BCUT2D eigenvalue weighted by atomic mass is 10.1. The van der Waals surface area contributed by atoms with Crippen LogP contribution < -0.4 is 0 Å². The van der Waals surface area contributed by atoms with Crippen LogP contribution in [0.15, 0.2) is 0 Å². The predicted octanol–water partition coefficient (Wildman–Crippen LogP) is 1.35. The van der Waals surface area contributed by atoms with E-state index in [1.807, 2.05) is 27.7 Å². The highest BCUT2D eigenvalue weighted by Crippen LogP contribution is 2.52. The third kappa shape index (κ3) is 2.70. The Bertz CT molecular complexity index is 284. The summed E-state index contributed by atoms with van der Waals surface area (Å²) in [4.78, 5) is 24.0. The van der Waals surface area contributed by atoms with Crippen LogP contribution in [0, 0.1) is 11.3 Å². The largest absolute Gasteiger partial charge is 0.480 e. The standard InChI is InChI=1S/C11H19NO3/c1-7(2)12(6-9(13)14)10(15)8-5-11(8,3)4/h7-8H,5-6H2,1-4H3,(H,13,14). The fourth-order valence-electron chi connectivity index (χ4n) is 1.75. The van der Waals surface area contributed by atoms with Crippen LogP contribution in [-0.4, -0.2) is 34.5 Å². The van der Waals surface area contributed by atoms with E-state index in [9.17, 15) is 9.59 Å². The summed E-state index contributed by atoms with van der Waals surface area (Å²) in [5.41, 5.74) is 0.0583. The van der Waals surface area contributed by atoms with Gasteiger partial charge in [-0.05, 0) is 25.7 Å². The van der Waals surface area contributed by atoms with Gasteiger partial charge in [-0.2, -0.15) is 0 Å². The number of carbonyl (C=O) groups is 2. The summed E-state index contributed by atoms with van der Waals surface area (Å²) in [5.74, 6) is -0.952. The van der Waals surface area contributed by atoms with Crippen LogP contribution in [0.4, 0.5) is 0 Å². The average Bonchev–Trinajstić information content (AvgIpc) is 2.69. The van der Waals surface area contributed by atoms with Crippen LogP contribution in [0.2, 0.25) is 0 Å². The van der Waals surface area contributed by atoms with Crippen molar-refractivity contribution in [2.75, 3.05) is 6.54 Å². The zero-order valence-corrected chi connectivity index (χ0v) is 9.78. The van der Waals surface area contributed by atoms with Crippen LogP contribution in [0.5, 0.6) is 0 Å². The van der Waals surface area contributed by atoms with Gasteiger partial charge in [-0.1, -0.05) is 13.8 Å². The zero-order valence-electron chi connectivity index (χ0n) is 9.78. The second-order valence-electron chi connectivity index (χ2n) is 5.20. The second kappa shape index (κ2) is 3.83. The molecule has 0 aromatic carbocycles. The minimum Gasteiger partial charge on any atom is -0.480 e. The molecule has 0 aromatic rings. The maximum Gasteiger partial charge on any atom is 0.323 e. The molecule has 0 heterocycles. The lowest BCUT2D eigenvalue weighted by Gasteiger charge is -2.25. The van der Waals surface area contributed by atoms with Gasteiger partial charge in [0.25, 0.3) is 0 Å². The normalized spacial score (nSPS) is 22.6. The maximum atomic E-state index is 12.0. The molecule has 0 spiro atoms. The lowest BCUT2D eigenvalue weighted by Crippen LogP contribution is -2.42. The first kappa shape index (κ1) is 12.0. The van der Waals surface area contributed by atoms with Gasteiger partial charge in [0.15, 0.2) is 0 Å². The molecule has 4 nitrogen and oxygen atoms in total. The Balaban J connectivity index is 2.65. The van der Waals surface area contributed by atoms with E-state index in [1.54, 1.807) is 0 Å². The molecule has 1 N–H and O–H groups in total. The van der Waals surface area contributed by atoms with E-state index in [1.165, 1.54) is 4.90 Å². The lowest BCUT2D eigenvalue weighted by molar-refractivity contribution is -0.146. The minimum absolute atomic E-state index is 0.0132. The van der Waals surface area contributed by atoms with Crippen molar-refractivity contribution in [3.8, 4) is 0 Å².